The molecule has 1 aliphatic heterocycles. The molecular formula is C20H40N5OP3S. The third-order valence-electron chi connectivity index (χ3n) is 5.43. The first-order valence-corrected chi connectivity index (χ1v) is 14.0. The van der Waals surface area contributed by atoms with Gasteiger partial charge in [0.15, 0.2) is 0 Å². The highest BCUT2D eigenvalue weighted by molar-refractivity contribution is 7.97. The molecule has 6 nitrogen and oxygen atoms in total. The Morgan fingerprint density at radius 3 is 1.63 bits per heavy atom. The van der Waals surface area contributed by atoms with Crippen molar-refractivity contribution in [2.24, 2.45) is 0 Å². The first kappa shape index (κ1) is 26.9. The molecule has 1 fully saturated rings. The summed E-state index contributed by atoms with van der Waals surface area (Å²) in [5.41, 5.74) is 0. The number of aliphatic hydroxyl groups is 1. The van der Waals surface area contributed by atoms with Crippen molar-refractivity contribution < 1.29 is 5.11 Å². The highest BCUT2D eigenvalue weighted by Crippen LogP contribution is 2.13. The van der Waals surface area contributed by atoms with E-state index in [2.05, 4.69) is 64.2 Å². The highest BCUT2D eigenvalue weighted by Gasteiger charge is 2.17. The average molecular weight is 492 g/mol. The summed E-state index contributed by atoms with van der Waals surface area (Å²) in [6, 6.07) is 10.2. The fourth-order valence-corrected chi connectivity index (χ4v) is 5.21. The van der Waals surface area contributed by atoms with E-state index in [-0.39, 0.29) is 6.10 Å². The van der Waals surface area contributed by atoms with Crippen molar-refractivity contribution in [3.8, 4) is 0 Å². The molecule has 1 aliphatic rings. The van der Waals surface area contributed by atoms with Crippen LogP contribution in [-0.2, 0) is 0 Å². The highest BCUT2D eigenvalue weighted by atomic mass is 32.2. The maximum absolute atomic E-state index is 10.6. The van der Waals surface area contributed by atoms with E-state index in [0.29, 0.717) is 13.1 Å². The van der Waals surface area contributed by atoms with Crippen LogP contribution >= 0.6 is 39.7 Å². The van der Waals surface area contributed by atoms with Crippen LogP contribution in [0.2, 0.25) is 0 Å². The molecule has 0 aromatic heterocycles. The number of hydrogen-bond donors (Lipinski definition) is 2. The molecule has 4 atom stereocenters. The fourth-order valence-electron chi connectivity index (χ4n) is 3.38. The van der Waals surface area contributed by atoms with Crippen LogP contribution < -0.4 is 4.72 Å². The van der Waals surface area contributed by atoms with Gasteiger partial charge < -0.3 is 5.11 Å². The van der Waals surface area contributed by atoms with E-state index in [9.17, 15) is 5.11 Å². The van der Waals surface area contributed by atoms with Crippen LogP contribution in [0.3, 0.4) is 0 Å². The van der Waals surface area contributed by atoms with E-state index >= 15 is 0 Å². The number of rotatable bonds is 9. The summed E-state index contributed by atoms with van der Waals surface area (Å²) in [4.78, 5) is 11.1. The summed E-state index contributed by atoms with van der Waals surface area (Å²) >= 11 is 1.58. The van der Waals surface area contributed by atoms with E-state index in [0.717, 1.165) is 71.2 Å². The molecule has 0 bridgehead atoms. The topological polar surface area (TPSA) is 45.2 Å². The maximum Gasteiger partial charge on any atom is 0.0800 e. The summed E-state index contributed by atoms with van der Waals surface area (Å²) in [6.07, 6.45) is 2.64. The van der Waals surface area contributed by atoms with E-state index in [1.54, 1.807) is 11.9 Å². The van der Waals surface area contributed by atoms with Crippen LogP contribution in [0.15, 0.2) is 35.2 Å². The van der Waals surface area contributed by atoms with Gasteiger partial charge in [-0.1, -0.05) is 18.2 Å². The lowest BCUT2D eigenvalue weighted by molar-refractivity contribution is 0.0962. The summed E-state index contributed by atoms with van der Waals surface area (Å²) in [7, 11) is 8.62. The Kier molecular flexibility index (Phi) is 14.6. The van der Waals surface area contributed by atoms with Crippen molar-refractivity contribution in [1.29, 1.82) is 0 Å². The van der Waals surface area contributed by atoms with Gasteiger partial charge in [-0.05, 0) is 24.1 Å². The fraction of sp³-hybridized carbons (Fsp3) is 0.700. The molecule has 0 aliphatic carbocycles. The largest absolute Gasteiger partial charge is 0.390 e. The predicted octanol–water partition coefficient (Wildman–Crippen LogP) is 1.36. The van der Waals surface area contributed by atoms with Crippen molar-refractivity contribution in [3.63, 3.8) is 0 Å². The molecule has 0 radical (unpaired) electrons. The molecule has 1 aromatic carbocycles. The van der Waals surface area contributed by atoms with Crippen molar-refractivity contribution >= 4 is 39.7 Å². The summed E-state index contributed by atoms with van der Waals surface area (Å²) in [5, 5.41) is 10.6. The molecular weight excluding hydrogens is 451 g/mol. The zero-order valence-electron chi connectivity index (χ0n) is 18.0. The second-order valence-electron chi connectivity index (χ2n) is 7.62. The molecule has 172 valence electrons. The lowest BCUT2D eigenvalue weighted by Crippen LogP contribution is -2.47. The van der Waals surface area contributed by atoms with Gasteiger partial charge in [-0.15, -0.1) is 27.7 Å². The SMILES string of the molecule is OC(CNSc1ccccc1)CN1CCN(CP)CCN(CP)CCN(CP)CC1. The Morgan fingerprint density at radius 1 is 0.767 bits per heavy atom. The summed E-state index contributed by atoms with van der Waals surface area (Å²) in [6.45, 7) is 9.72. The van der Waals surface area contributed by atoms with E-state index in [4.69, 9.17) is 0 Å². The molecule has 30 heavy (non-hydrogen) atoms. The van der Waals surface area contributed by atoms with Crippen LogP contribution in [-0.4, -0.2) is 115 Å². The number of nitrogens with one attached hydrogen (secondary N) is 1. The first-order valence-electron chi connectivity index (χ1n) is 10.8. The van der Waals surface area contributed by atoms with E-state index < -0.39 is 0 Å². The Morgan fingerprint density at radius 2 is 1.20 bits per heavy atom. The third kappa shape index (κ3) is 11.0. The molecule has 1 heterocycles. The van der Waals surface area contributed by atoms with Crippen LogP contribution in [0.25, 0.3) is 0 Å². The number of β-amino-alcohol motifs (C(OH)–C–C–N with tert-alkyl or cyclic N) is 1. The van der Waals surface area contributed by atoms with Crippen molar-refractivity contribution in [2.45, 2.75) is 11.0 Å². The number of aliphatic hydroxyl groups excluding tert-OH is 1. The second kappa shape index (κ2) is 16.3. The normalized spacial score (nSPS) is 20.5. The number of nitrogens with zero attached hydrogens (tertiary/aromatic N) is 4. The quantitative estimate of drug-likeness (QED) is 0.400. The van der Waals surface area contributed by atoms with Crippen molar-refractivity contribution in [3.05, 3.63) is 30.3 Å². The number of benzene rings is 1. The maximum atomic E-state index is 10.6. The Bertz CT molecular complexity index is 543. The molecule has 1 saturated heterocycles. The van der Waals surface area contributed by atoms with Gasteiger partial charge in [0.1, 0.15) is 0 Å². The van der Waals surface area contributed by atoms with Crippen molar-refractivity contribution in [1.82, 2.24) is 24.3 Å². The first-order chi connectivity index (χ1) is 14.6. The standard InChI is InChI=1S/C20H40N5OP3S/c26-19(14-21-30-20-4-2-1-3-5-20)15-22-6-8-23(16-27)10-12-25(18-29)13-11-24(17-28)9-7-22/h1-5,19,21,26H,6-18,27-29H2. The molecule has 2 rings (SSSR count). The Labute approximate surface area is 194 Å². The van der Waals surface area contributed by atoms with E-state index in [1.165, 1.54) is 4.90 Å². The zero-order chi connectivity index (χ0) is 21.6. The van der Waals surface area contributed by atoms with Gasteiger partial charge in [-0.25, -0.2) is 0 Å². The van der Waals surface area contributed by atoms with E-state index in [1.807, 2.05) is 18.2 Å². The molecule has 10 heteroatoms. The third-order valence-corrected chi connectivity index (χ3v) is 7.79. The smallest absolute Gasteiger partial charge is 0.0800 e. The molecule has 0 spiro atoms. The number of hydrogen-bond acceptors (Lipinski definition) is 7. The van der Waals surface area contributed by atoms with Gasteiger partial charge in [0.05, 0.1) is 6.10 Å². The monoisotopic (exact) mass is 491 g/mol. The minimum atomic E-state index is -0.379. The second-order valence-corrected chi connectivity index (χ2v) is 9.68. The minimum Gasteiger partial charge on any atom is -0.390 e. The van der Waals surface area contributed by atoms with Gasteiger partial charge in [-0.2, -0.15) is 0 Å². The predicted molar refractivity (Wildman–Crippen MR) is 141 cm³/mol. The van der Waals surface area contributed by atoms with Crippen LogP contribution in [0.5, 0.6) is 0 Å². The summed E-state index contributed by atoms with van der Waals surface area (Å²) in [5.74, 6) is 0. The van der Waals surface area contributed by atoms with Gasteiger partial charge in [-0.3, -0.25) is 24.3 Å². The zero-order valence-corrected chi connectivity index (χ0v) is 22.3. The van der Waals surface area contributed by atoms with Gasteiger partial charge >= 0.3 is 0 Å². The molecule has 4 unspecified atom stereocenters. The van der Waals surface area contributed by atoms with Gasteiger partial charge in [0.25, 0.3) is 0 Å². The molecule has 1 aromatic rings. The minimum absolute atomic E-state index is 0.379. The lowest BCUT2D eigenvalue weighted by atomic mass is 10.3. The lowest BCUT2D eigenvalue weighted by Gasteiger charge is -2.34. The molecule has 0 amide bonds. The molecule has 0 saturated carbocycles. The Balaban J connectivity index is 1.85. The Hall–Kier alpha value is 0.620. The van der Waals surface area contributed by atoms with Crippen molar-refractivity contribution in [2.75, 3.05) is 84.3 Å². The van der Waals surface area contributed by atoms with Crippen LogP contribution in [0, 0.1) is 0 Å². The van der Waals surface area contributed by atoms with Gasteiger partial charge in [0, 0.05) is 89.2 Å². The molecule has 2 N–H and O–H groups in total. The van der Waals surface area contributed by atoms with Crippen LogP contribution in [0.4, 0.5) is 0 Å². The van der Waals surface area contributed by atoms with Crippen LogP contribution in [0.1, 0.15) is 0 Å². The van der Waals surface area contributed by atoms with Gasteiger partial charge in [0.2, 0.25) is 0 Å². The summed E-state index contributed by atoms with van der Waals surface area (Å²) < 4.78 is 3.32. The average Bonchev–Trinajstić information content (AvgIpc) is 2.76.